The zero-order valence-electron chi connectivity index (χ0n) is 18.0. The first kappa shape index (κ1) is 23.4. The predicted molar refractivity (Wildman–Crippen MR) is 130 cm³/mol. The molecule has 1 N–H and O–H groups in total. The van der Waals surface area contributed by atoms with Gasteiger partial charge < -0.3 is 14.8 Å². The van der Waals surface area contributed by atoms with Gasteiger partial charge >= 0.3 is 5.69 Å². The van der Waals surface area contributed by atoms with E-state index >= 15 is 0 Å². The molecule has 1 aliphatic heterocycles. The molecule has 0 bridgehead atoms. The van der Waals surface area contributed by atoms with E-state index in [1.165, 1.54) is 13.2 Å². The van der Waals surface area contributed by atoms with Crippen molar-refractivity contribution in [1.82, 2.24) is 5.32 Å². The molecule has 1 fully saturated rings. The van der Waals surface area contributed by atoms with Crippen molar-refractivity contribution >= 4 is 46.0 Å². The van der Waals surface area contributed by atoms with Crippen LogP contribution in [0.2, 0.25) is 0 Å². The van der Waals surface area contributed by atoms with Crippen molar-refractivity contribution in [2.45, 2.75) is 0 Å². The number of carbonyl (C=O) groups is 1. The van der Waals surface area contributed by atoms with E-state index in [4.69, 9.17) is 9.47 Å². The molecule has 0 aromatic heterocycles. The molecule has 12 heteroatoms. The van der Waals surface area contributed by atoms with Gasteiger partial charge in [0.25, 0.3) is 11.6 Å². The molecule has 176 valence electrons. The lowest BCUT2D eigenvalue weighted by atomic mass is 10.2. The highest BCUT2D eigenvalue weighted by atomic mass is 32.2. The summed E-state index contributed by atoms with van der Waals surface area (Å²) in [5, 5.41) is 25.6. The molecule has 0 spiro atoms. The Labute approximate surface area is 202 Å². The van der Waals surface area contributed by atoms with Crippen LogP contribution in [0.25, 0.3) is 6.08 Å². The Morgan fingerprint density at radius 2 is 1.69 bits per heavy atom. The number of hydrogen-bond acceptors (Lipinski definition) is 9. The van der Waals surface area contributed by atoms with E-state index < -0.39 is 21.2 Å². The lowest BCUT2D eigenvalue weighted by Gasteiger charge is -2.11. The van der Waals surface area contributed by atoms with Gasteiger partial charge in [0, 0.05) is 6.07 Å². The van der Waals surface area contributed by atoms with Gasteiger partial charge in [-0.15, -0.1) is 0 Å². The van der Waals surface area contributed by atoms with Crippen molar-refractivity contribution < 1.29 is 24.1 Å². The maximum atomic E-state index is 12.4. The monoisotopic (exact) mass is 492 g/mol. The standard InChI is InChI=1S/C23H16N4O7S/c1-33-19-9-7-14(12-21-22(28)25-23(35-21)24-15-5-3-2-4-6-15)11-20(19)34-18-10-8-16(26(29)30)13-17(18)27(31)32/h2-13H,1H3,(H,24,25,28)/b21-12+. The number of nitro groups is 2. The highest BCUT2D eigenvalue weighted by molar-refractivity contribution is 8.18. The molecule has 0 atom stereocenters. The molecule has 1 aliphatic rings. The van der Waals surface area contributed by atoms with E-state index in [0.29, 0.717) is 21.3 Å². The SMILES string of the molecule is COc1ccc(/C=C2/SC(=Nc3ccccc3)NC2=O)cc1Oc1ccc([N+](=O)[O-])cc1[N+](=O)[O-]. The number of amidine groups is 1. The van der Waals surface area contributed by atoms with Crippen molar-refractivity contribution in [1.29, 1.82) is 0 Å². The third kappa shape index (κ3) is 5.45. The quantitative estimate of drug-likeness (QED) is 0.269. The minimum Gasteiger partial charge on any atom is -0.493 e. The molecule has 3 aromatic carbocycles. The van der Waals surface area contributed by atoms with E-state index in [1.54, 1.807) is 18.2 Å². The summed E-state index contributed by atoms with van der Waals surface area (Å²) in [4.78, 5) is 38.1. The number of methoxy groups -OCH3 is 1. The Morgan fingerprint density at radius 3 is 2.37 bits per heavy atom. The summed E-state index contributed by atoms with van der Waals surface area (Å²) in [6.45, 7) is 0. The summed E-state index contributed by atoms with van der Waals surface area (Å²) in [5.74, 6) is -0.127. The second-order valence-electron chi connectivity index (χ2n) is 7.00. The molecule has 1 heterocycles. The summed E-state index contributed by atoms with van der Waals surface area (Å²) < 4.78 is 11.0. The maximum Gasteiger partial charge on any atom is 0.318 e. The average molecular weight is 492 g/mol. The van der Waals surface area contributed by atoms with E-state index in [1.807, 2.05) is 30.3 Å². The fraction of sp³-hybridized carbons (Fsp3) is 0.0435. The number of carbonyl (C=O) groups excluding carboxylic acids is 1. The summed E-state index contributed by atoms with van der Waals surface area (Å²) in [5.41, 5.74) is 0.245. The molecule has 0 aliphatic carbocycles. The summed E-state index contributed by atoms with van der Waals surface area (Å²) in [7, 11) is 1.40. The second kappa shape index (κ2) is 10.1. The van der Waals surface area contributed by atoms with Crippen LogP contribution in [0.3, 0.4) is 0 Å². The maximum absolute atomic E-state index is 12.4. The van der Waals surface area contributed by atoms with Crippen LogP contribution in [-0.4, -0.2) is 28.0 Å². The topological polar surface area (TPSA) is 146 Å². The number of nitrogens with one attached hydrogen (secondary N) is 1. The predicted octanol–water partition coefficient (Wildman–Crippen LogP) is 5.20. The number of amides is 1. The zero-order chi connectivity index (χ0) is 24.9. The number of aliphatic imine (C=N–C) groups is 1. The number of benzene rings is 3. The Bertz CT molecular complexity index is 1390. The molecule has 11 nitrogen and oxygen atoms in total. The normalized spacial score (nSPS) is 15.2. The van der Waals surface area contributed by atoms with Crippen LogP contribution in [0.5, 0.6) is 17.2 Å². The van der Waals surface area contributed by atoms with Crippen molar-refractivity contribution in [2.75, 3.05) is 7.11 Å². The molecule has 0 unspecified atom stereocenters. The first-order chi connectivity index (χ1) is 16.8. The van der Waals surface area contributed by atoms with Gasteiger partial charge in [-0.05, 0) is 53.7 Å². The van der Waals surface area contributed by atoms with Crippen LogP contribution in [0, 0.1) is 20.2 Å². The van der Waals surface area contributed by atoms with Crippen LogP contribution in [0.1, 0.15) is 5.56 Å². The van der Waals surface area contributed by atoms with Gasteiger partial charge in [0.2, 0.25) is 5.75 Å². The molecule has 4 rings (SSSR count). The molecular formula is C23H16N4O7S. The third-order valence-electron chi connectivity index (χ3n) is 4.69. The van der Waals surface area contributed by atoms with Crippen LogP contribution in [-0.2, 0) is 4.79 Å². The molecule has 1 amide bonds. The Hall–Kier alpha value is -4.71. The van der Waals surface area contributed by atoms with Gasteiger partial charge in [-0.1, -0.05) is 24.3 Å². The highest BCUT2D eigenvalue weighted by Crippen LogP contribution is 2.39. The molecule has 3 aromatic rings. The molecule has 1 saturated heterocycles. The van der Waals surface area contributed by atoms with Gasteiger partial charge in [-0.3, -0.25) is 25.0 Å². The van der Waals surface area contributed by atoms with Crippen LogP contribution in [0.15, 0.2) is 76.6 Å². The largest absolute Gasteiger partial charge is 0.493 e. The van der Waals surface area contributed by atoms with Crippen LogP contribution >= 0.6 is 11.8 Å². The van der Waals surface area contributed by atoms with Crippen molar-refractivity contribution in [3.8, 4) is 17.2 Å². The number of rotatable bonds is 7. The Morgan fingerprint density at radius 1 is 0.943 bits per heavy atom. The lowest BCUT2D eigenvalue weighted by molar-refractivity contribution is -0.394. The summed E-state index contributed by atoms with van der Waals surface area (Å²) in [6, 6.07) is 17.0. The molecule has 35 heavy (non-hydrogen) atoms. The second-order valence-corrected chi connectivity index (χ2v) is 8.03. The van der Waals surface area contributed by atoms with Gasteiger partial charge in [-0.25, -0.2) is 4.99 Å². The van der Waals surface area contributed by atoms with Gasteiger partial charge in [0.1, 0.15) is 0 Å². The smallest absolute Gasteiger partial charge is 0.318 e. The van der Waals surface area contributed by atoms with E-state index in [0.717, 1.165) is 30.0 Å². The lowest BCUT2D eigenvalue weighted by Crippen LogP contribution is -2.19. The minimum absolute atomic E-state index is 0.125. The average Bonchev–Trinajstić information content (AvgIpc) is 3.18. The summed E-state index contributed by atoms with van der Waals surface area (Å²) >= 11 is 1.16. The van der Waals surface area contributed by atoms with Gasteiger partial charge in [-0.2, -0.15) is 0 Å². The van der Waals surface area contributed by atoms with E-state index in [9.17, 15) is 25.0 Å². The van der Waals surface area contributed by atoms with Gasteiger partial charge in [0.05, 0.1) is 33.6 Å². The van der Waals surface area contributed by atoms with Crippen molar-refractivity contribution in [3.05, 3.63) is 97.4 Å². The highest BCUT2D eigenvalue weighted by Gasteiger charge is 2.25. The number of para-hydroxylation sites is 1. The molecular weight excluding hydrogens is 476 g/mol. The third-order valence-corrected chi connectivity index (χ3v) is 5.60. The van der Waals surface area contributed by atoms with Crippen LogP contribution < -0.4 is 14.8 Å². The minimum atomic E-state index is -0.770. The van der Waals surface area contributed by atoms with Crippen LogP contribution in [0.4, 0.5) is 17.1 Å². The van der Waals surface area contributed by atoms with E-state index in [2.05, 4.69) is 10.3 Å². The number of hydrogen-bond donors (Lipinski definition) is 1. The Kier molecular flexibility index (Phi) is 6.73. The van der Waals surface area contributed by atoms with Gasteiger partial charge in [0.15, 0.2) is 16.7 Å². The van der Waals surface area contributed by atoms with Crippen molar-refractivity contribution in [2.24, 2.45) is 4.99 Å². The fourth-order valence-electron chi connectivity index (χ4n) is 3.08. The fourth-order valence-corrected chi connectivity index (χ4v) is 3.92. The first-order valence-electron chi connectivity index (χ1n) is 9.97. The molecule has 0 saturated carbocycles. The number of ether oxygens (including phenoxy) is 2. The molecule has 0 radical (unpaired) electrons. The zero-order valence-corrected chi connectivity index (χ0v) is 18.9. The number of non-ortho nitro benzene ring substituents is 1. The number of nitrogens with zero attached hydrogens (tertiary/aromatic N) is 3. The summed E-state index contributed by atoms with van der Waals surface area (Å²) in [6.07, 6.45) is 1.62. The van der Waals surface area contributed by atoms with Crippen molar-refractivity contribution in [3.63, 3.8) is 0 Å². The number of thioether (sulfide) groups is 1. The number of nitro benzene ring substituents is 2. The first-order valence-corrected chi connectivity index (χ1v) is 10.8. The Balaban J connectivity index is 1.63. The van der Waals surface area contributed by atoms with E-state index in [-0.39, 0.29) is 23.2 Å².